The number of aliphatic hydroxyl groups excluding tert-OH is 1. The Morgan fingerprint density at radius 2 is 1.71 bits per heavy atom. The minimum Gasteiger partial charge on any atom is -0.508 e. The minimum absolute atomic E-state index is 0.0306. The Morgan fingerprint density at radius 1 is 0.952 bits per heavy atom. The van der Waals surface area contributed by atoms with E-state index < -0.39 is 29.5 Å². The Labute approximate surface area is 487 Å². The smallest absolute Gasteiger partial charge is 0.319 e. The number of benzene rings is 3. The highest BCUT2D eigenvalue weighted by Gasteiger charge is 2.44. The van der Waals surface area contributed by atoms with Crippen LogP contribution in [0.3, 0.4) is 0 Å². The third kappa shape index (κ3) is 11.7. The number of halogens is 1. The first-order valence-corrected chi connectivity index (χ1v) is 30.7. The summed E-state index contributed by atoms with van der Waals surface area (Å²) in [4.78, 5) is 56.3. The van der Waals surface area contributed by atoms with Crippen molar-refractivity contribution in [2.45, 2.75) is 134 Å². The van der Waals surface area contributed by atoms with Gasteiger partial charge in [-0.25, -0.2) is 9.37 Å². The van der Waals surface area contributed by atoms with Crippen LogP contribution in [0.1, 0.15) is 114 Å². The number of β-amino-alcohol motifs (C(OH)–C–C–N with tert-alkyl or cyclic N) is 1. The number of amides is 2. The summed E-state index contributed by atoms with van der Waals surface area (Å²) in [7, 11) is 0. The number of hydrogen-bond donors (Lipinski definition) is 5. The number of aryl methyl sites for hydroxylation is 2. The fourth-order valence-electron chi connectivity index (χ4n) is 13.7. The normalized spacial score (nSPS) is 22.0. The van der Waals surface area contributed by atoms with Gasteiger partial charge in [-0.3, -0.25) is 19.5 Å². The fraction of sp³-hybridized carbons (Fsp3) is 0.508. The summed E-state index contributed by atoms with van der Waals surface area (Å²) in [5.41, 5.74) is 5.79. The summed E-state index contributed by atoms with van der Waals surface area (Å²) in [5.74, 6) is -0.00711. The number of nitrogens with one attached hydrogen (secondary N) is 2. The lowest BCUT2D eigenvalue weighted by Gasteiger charge is -2.41. The van der Waals surface area contributed by atoms with E-state index in [9.17, 15) is 24.9 Å². The molecular formula is C63H76FN11O7S. The van der Waals surface area contributed by atoms with E-state index in [1.54, 1.807) is 29.7 Å². The summed E-state index contributed by atoms with van der Waals surface area (Å²) in [6, 6.07) is 18.6. The van der Waals surface area contributed by atoms with Crippen molar-refractivity contribution >= 4 is 56.5 Å². The van der Waals surface area contributed by atoms with Gasteiger partial charge in [0.15, 0.2) is 17.4 Å². The first-order chi connectivity index (χ1) is 40.1. The van der Waals surface area contributed by atoms with E-state index in [4.69, 9.17) is 24.2 Å². The number of piperazine rings is 1. The maximum Gasteiger partial charge on any atom is 0.319 e. The number of aromatic hydroxyl groups is 1. The number of aliphatic hydroxyl groups is 2. The molecule has 6 atom stereocenters. The number of fused-ring (bicyclic) bond motifs is 4. The highest BCUT2D eigenvalue weighted by molar-refractivity contribution is 7.13. The van der Waals surface area contributed by atoms with Crippen molar-refractivity contribution in [3.05, 3.63) is 101 Å². The van der Waals surface area contributed by atoms with Gasteiger partial charge in [-0.1, -0.05) is 68.4 Å². The lowest BCUT2D eigenvalue weighted by molar-refractivity contribution is -0.141. The van der Waals surface area contributed by atoms with E-state index in [0.717, 1.165) is 96.3 Å². The van der Waals surface area contributed by atoms with Gasteiger partial charge in [0.1, 0.15) is 41.3 Å². The van der Waals surface area contributed by atoms with E-state index in [2.05, 4.69) is 42.4 Å². The predicted octanol–water partition coefficient (Wildman–Crippen LogP) is 8.70. The third-order valence-corrected chi connectivity index (χ3v) is 19.3. The van der Waals surface area contributed by atoms with Crippen LogP contribution in [0.25, 0.3) is 43.4 Å². The number of rotatable bonds is 17. The van der Waals surface area contributed by atoms with Crippen LogP contribution in [0.5, 0.6) is 11.8 Å². The molecule has 0 aliphatic carbocycles. The van der Waals surface area contributed by atoms with Gasteiger partial charge in [0.25, 0.3) is 0 Å². The Bertz CT molecular complexity index is 3480. The first-order valence-electron chi connectivity index (χ1n) is 29.8. The van der Waals surface area contributed by atoms with Crippen molar-refractivity contribution in [1.82, 2.24) is 45.5 Å². The van der Waals surface area contributed by atoms with E-state index in [-0.39, 0.29) is 66.3 Å². The minimum atomic E-state index is -0.836. The van der Waals surface area contributed by atoms with Crippen molar-refractivity contribution in [2.24, 2.45) is 11.8 Å². The van der Waals surface area contributed by atoms with Gasteiger partial charge in [0.2, 0.25) is 11.8 Å². The van der Waals surface area contributed by atoms with Gasteiger partial charge >= 0.3 is 6.01 Å². The number of phenols is 1. The van der Waals surface area contributed by atoms with Crippen LogP contribution in [0.15, 0.2) is 76.9 Å². The molecule has 5 saturated heterocycles. The molecule has 2 amide bonds. The highest BCUT2D eigenvalue weighted by Crippen LogP contribution is 2.41. The lowest BCUT2D eigenvalue weighted by atomic mass is 9.79. The Balaban J connectivity index is 0.643. The lowest BCUT2D eigenvalue weighted by Crippen LogP contribution is -2.51. The average molecular weight is 1150 g/mol. The van der Waals surface area contributed by atoms with Crippen LogP contribution in [-0.4, -0.2) is 151 Å². The molecule has 5 aliphatic rings. The van der Waals surface area contributed by atoms with Crippen molar-refractivity contribution in [3.63, 3.8) is 0 Å². The average Bonchev–Trinajstić information content (AvgIpc) is 3.09. The standard InChI is InChI=1S/C63H76FN11O7S/c1-6-40-8-7-9-43-26-46(76)27-48(54(40)43)56-55(64)57-49(31-65-56)59(74-32-44-14-15-45(33-74)68-44)70-62(69-57)81-25-24-72-22-18-63(80,19-23-72)30-39-16-20-73(21-17-39)52-29-51(82-71-52)53(36(2)3)61(79)75-34-47(77)28-50(75)60(78)67-37(4)41-10-12-42(13-11-41)58-38(5)66-35-83-58/h7-13,26-27,29,31,35-37,39,44-45,47,50,53,68,76-77,80H,6,14-25,28,30,32-34H2,1-5H3,(H,67,78)/t37?,44?,45?,47-,50+,53?/m1/s1. The molecule has 4 aromatic heterocycles. The molecule has 5 N–H and O–H groups in total. The molecular weight excluding hydrogens is 1070 g/mol. The van der Waals surface area contributed by atoms with E-state index in [0.29, 0.717) is 85.2 Å². The maximum absolute atomic E-state index is 17.2. The molecule has 0 saturated carbocycles. The number of anilines is 2. The summed E-state index contributed by atoms with van der Waals surface area (Å²) < 4.78 is 29.4. The number of nitrogens with zero attached hydrogens (tertiary/aromatic N) is 9. The molecule has 83 heavy (non-hydrogen) atoms. The number of carbonyl (C=O) groups excluding carboxylic acids is 2. The highest BCUT2D eigenvalue weighted by atomic mass is 32.1. The van der Waals surface area contributed by atoms with Crippen LogP contribution in [0.4, 0.5) is 16.0 Å². The van der Waals surface area contributed by atoms with Crippen molar-refractivity contribution < 1.29 is 38.6 Å². The van der Waals surface area contributed by atoms with Crippen LogP contribution in [-0.2, 0) is 16.0 Å². The van der Waals surface area contributed by atoms with E-state index in [1.807, 2.05) is 81.7 Å². The SMILES string of the molecule is CCc1cccc2cc(O)cc(-c3ncc4c(N5CC6CCC(C5)N6)nc(OCCN5CCC(O)(CC6CCN(c7cc(C(C(=O)N8C[C@H](O)C[C@H]8C(=O)NC(C)c8ccc(-c9scnc9C)cc8)C(C)C)on7)CC6)CC5)nc4c3F)c12. The van der Waals surface area contributed by atoms with Gasteiger partial charge in [-0.15, -0.1) is 11.3 Å². The number of thiazole rings is 1. The summed E-state index contributed by atoms with van der Waals surface area (Å²) in [6.07, 6.45) is 7.56. The number of piperidine rings is 2. The fourth-order valence-corrected chi connectivity index (χ4v) is 14.5. The molecule has 3 aromatic carbocycles. The topological polar surface area (TPSA) is 219 Å². The molecule has 12 rings (SSSR count). The van der Waals surface area contributed by atoms with Crippen LogP contribution in [0, 0.1) is 24.6 Å². The molecule has 5 aliphatic heterocycles. The molecule has 18 nitrogen and oxygen atoms in total. The maximum atomic E-state index is 17.2. The zero-order chi connectivity index (χ0) is 57.7. The zero-order valence-electron chi connectivity index (χ0n) is 48.1. The van der Waals surface area contributed by atoms with Crippen molar-refractivity contribution in [1.29, 1.82) is 0 Å². The Morgan fingerprint density at radius 3 is 2.42 bits per heavy atom. The summed E-state index contributed by atoms with van der Waals surface area (Å²) in [6.45, 7) is 15.1. The largest absolute Gasteiger partial charge is 0.508 e. The van der Waals surface area contributed by atoms with Crippen LogP contribution < -0.4 is 25.2 Å². The second-order valence-electron chi connectivity index (χ2n) is 24.3. The summed E-state index contributed by atoms with van der Waals surface area (Å²) >= 11 is 1.59. The molecule has 438 valence electrons. The summed E-state index contributed by atoms with van der Waals surface area (Å²) in [5, 5.41) is 47.0. The van der Waals surface area contributed by atoms with Crippen molar-refractivity contribution in [2.75, 3.05) is 68.8 Å². The quantitative estimate of drug-likeness (QED) is 0.0576. The Hall–Kier alpha value is -6.84. The van der Waals surface area contributed by atoms with Gasteiger partial charge < -0.3 is 49.9 Å². The van der Waals surface area contributed by atoms with E-state index in [1.165, 1.54) is 4.90 Å². The predicted molar refractivity (Wildman–Crippen MR) is 318 cm³/mol. The number of aromatic nitrogens is 5. The molecule has 0 spiro atoms. The molecule has 2 bridgehead atoms. The second-order valence-corrected chi connectivity index (χ2v) is 25.1. The molecule has 7 aromatic rings. The van der Waals surface area contributed by atoms with Gasteiger partial charge in [0, 0.05) is 88.7 Å². The monoisotopic (exact) mass is 1150 g/mol. The van der Waals surface area contributed by atoms with Gasteiger partial charge in [-0.05, 0) is 117 Å². The second kappa shape index (κ2) is 23.7. The number of hydrogen-bond acceptors (Lipinski definition) is 17. The number of carbonyl (C=O) groups is 2. The number of likely N-dealkylation sites (tertiary alicyclic amines) is 2. The molecule has 0 radical (unpaired) electrons. The van der Waals surface area contributed by atoms with Gasteiger partial charge in [0.05, 0.1) is 39.2 Å². The molecule has 20 heteroatoms. The van der Waals surface area contributed by atoms with Crippen molar-refractivity contribution in [3.8, 4) is 33.5 Å². The first kappa shape index (κ1) is 56.6. The number of ether oxygens (including phenoxy) is 1. The van der Waals surface area contributed by atoms with Crippen LogP contribution in [0.2, 0.25) is 0 Å². The molecule has 4 unspecified atom stereocenters. The van der Waals surface area contributed by atoms with E-state index >= 15 is 4.39 Å². The van der Waals surface area contributed by atoms with Crippen LogP contribution >= 0.6 is 11.3 Å². The zero-order valence-corrected chi connectivity index (χ0v) is 48.9. The van der Waals surface area contributed by atoms with Gasteiger partial charge in [-0.2, -0.15) is 9.97 Å². The third-order valence-electron chi connectivity index (χ3n) is 18.3. The molecule has 5 fully saturated rings. The number of phenolic OH excluding ortho intramolecular Hbond substituents is 1. The Kier molecular flexibility index (Phi) is 16.1. The molecule has 9 heterocycles. The number of pyridine rings is 1.